The lowest BCUT2D eigenvalue weighted by atomic mass is 10.1. The minimum Gasteiger partial charge on any atom is -0.457 e. The fourth-order valence-corrected chi connectivity index (χ4v) is 2.82. The van der Waals surface area contributed by atoms with E-state index in [2.05, 4.69) is 0 Å². The zero-order chi connectivity index (χ0) is 18.0. The molecule has 0 saturated carbocycles. The zero-order valence-corrected chi connectivity index (χ0v) is 14.1. The van der Waals surface area contributed by atoms with Crippen LogP contribution in [0, 0.1) is 5.82 Å². The number of carbonyl (C=O) groups is 1. The molecule has 0 aliphatic carbocycles. The molecule has 0 spiro atoms. The van der Waals surface area contributed by atoms with Crippen molar-refractivity contribution in [3.63, 3.8) is 0 Å². The van der Waals surface area contributed by atoms with Gasteiger partial charge < -0.3 is 9.15 Å². The van der Waals surface area contributed by atoms with E-state index in [4.69, 9.17) is 20.8 Å². The molecule has 4 nitrogen and oxygen atoms in total. The second-order valence-electron chi connectivity index (χ2n) is 5.44. The Balaban J connectivity index is 1.93. The van der Waals surface area contributed by atoms with Crippen molar-refractivity contribution in [3.8, 4) is 0 Å². The van der Waals surface area contributed by atoms with Crippen LogP contribution in [0.3, 0.4) is 0 Å². The molecule has 3 aromatic rings. The summed E-state index contributed by atoms with van der Waals surface area (Å²) in [7, 11) is 0. The molecule has 0 saturated heterocycles. The summed E-state index contributed by atoms with van der Waals surface area (Å²) in [4.78, 5) is 23.8. The van der Waals surface area contributed by atoms with Crippen LogP contribution in [0.2, 0.25) is 5.02 Å². The topological polar surface area (TPSA) is 56.5 Å². The largest absolute Gasteiger partial charge is 0.457 e. The van der Waals surface area contributed by atoms with Crippen molar-refractivity contribution < 1.29 is 18.3 Å². The van der Waals surface area contributed by atoms with E-state index in [1.807, 2.05) is 6.92 Å². The number of halogens is 2. The molecule has 0 radical (unpaired) electrons. The molecule has 0 amide bonds. The van der Waals surface area contributed by atoms with Gasteiger partial charge in [0.05, 0.1) is 5.56 Å². The molecule has 25 heavy (non-hydrogen) atoms. The smallest absolute Gasteiger partial charge is 0.341 e. The summed E-state index contributed by atoms with van der Waals surface area (Å²) in [6, 6.07) is 10.1. The van der Waals surface area contributed by atoms with Crippen LogP contribution in [0.15, 0.2) is 51.7 Å². The number of hydrogen-bond donors (Lipinski definition) is 0. The second kappa shape index (κ2) is 7.07. The third-order valence-electron chi connectivity index (χ3n) is 3.83. The van der Waals surface area contributed by atoms with Crippen LogP contribution < -0.4 is 5.63 Å². The Morgan fingerprint density at radius 3 is 2.68 bits per heavy atom. The Morgan fingerprint density at radius 1 is 1.20 bits per heavy atom. The van der Waals surface area contributed by atoms with E-state index in [9.17, 15) is 14.0 Å². The molecular formula is C19H14ClFO4. The lowest BCUT2D eigenvalue weighted by Gasteiger charge is -2.09. The van der Waals surface area contributed by atoms with E-state index in [0.29, 0.717) is 28.0 Å². The lowest BCUT2D eigenvalue weighted by Crippen LogP contribution is -2.09. The fourth-order valence-electron chi connectivity index (χ4n) is 2.53. The van der Waals surface area contributed by atoms with Crippen molar-refractivity contribution in [3.05, 3.63) is 80.4 Å². The van der Waals surface area contributed by atoms with Crippen molar-refractivity contribution in [2.45, 2.75) is 20.0 Å². The molecule has 2 aromatic carbocycles. The molecule has 6 heteroatoms. The zero-order valence-electron chi connectivity index (χ0n) is 13.3. The molecule has 0 aliphatic rings. The van der Waals surface area contributed by atoms with Crippen molar-refractivity contribution in [2.75, 3.05) is 0 Å². The minimum absolute atomic E-state index is 0.166. The Kier molecular flexibility index (Phi) is 4.86. The summed E-state index contributed by atoms with van der Waals surface area (Å²) in [5.41, 5.74) is 0.930. The highest BCUT2D eigenvalue weighted by molar-refractivity contribution is 6.32. The van der Waals surface area contributed by atoms with Crippen molar-refractivity contribution in [2.24, 2.45) is 0 Å². The van der Waals surface area contributed by atoms with Gasteiger partial charge in [-0.1, -0.05) is 30.7 Å². The van der Waals surface area contributed by atoms with Gasteiger partial charge in [0, 0.05) is 22.0 Å². The van der Waals surface area contributed by atoms with Crippen LogP contribution in [-0.2, 0) is 17.8 Å². The summed E-state index contributed by atoms with van der Waals surface area (Å²) in [5.74, 6) is -1.48. The van der Waals surface area contributed by atoms with E-state index in [0.717, 1.165) is 5.56 Å². The van der Waals surface area contributed by atoms with Gasteiger partial charge in [0.2, 0.25) is 0 Å². The van der Waals surface area contributed by atoms with Gasteiger partial charge in [0.25, 0.3) is 0 Å². The standard InChI is InChI=1S/C19H14ClFO4/c1-2-11-7-17-14(9-15(11)20)12(8-18(22)25-17)10-24-19(23)13-5-3-4-6-16(13)21/h3-9H,2,10H2,1H3. The van der Waals surface area contributed by atoms with Crippen molar-refractivity contribution >= 4 is 28.5 Å². The number of benzene rings is 2. The fraction of sp³-hybridized carbons (Fsp3) is 0.158. The molecular weight excluding hydrogens is 347 g/mol. The number of rotatable bonds is 4. The molecule has 1 heterocycles. The molecule has 3 rings (SSSR count). The number of aryl methyl sites for hydroxylation is 1. The Morgan fingerprint density at radius 2 is 1.96 bits per heavy atom. The van der Waals surface area contributed by atoms with Gasteiger partial charge in [-0.05, 0) is 36.2 Å². The number of ether oxygens (including phenoxy) is 1. The molecule has 0 bridgehead atoms. The van der Waals surface area contributed by atoms with Gasteiger partial charge in [-0.15, -0.1) is 0 Å². The predicted molar refractivity (Wildman–Crippen MR) is 92.4 cm³/mol. The lowest BCUT2D eigenvalue weighted by molar-refractivity contribution is 0.0468. The maximum absolute atomic E-state index is 13.6. The summed E-state index contributed by atoms with van der Waals surface area (Å²) in [6.45, 7) is 1.74. The van der Waals surface area contributed by atoms with E-state index < -0.39 is 17.4 Å². The first-order chi connectivity index (χ1) is 12.0. The number of esters is 1. The SMILES string of the molecule is CCc1cc2oc(=O)cc(COC(=O)c3ccccc3F)c2cc1Cl. The molecule has 128 valence electrons. The third kappa shape index (κ3) is 3.56. The normalized spacial score (nSPS) is 10.8. The van der Waals surface area contributed by atoms with Crippen LogP contribution in [0.4, 0.5) is 4.39 Å². The van der Waals surface area contributed by atoms with Gasteiger partial charge >= 0.3 is 11.6 Å². The van der Waals surface area contributed by atoms with Crippen LogP contribution in [-0.4, -0.2) is 5.97 Å². The Hall–Kier alpha value is -2.66. The Bertz CT molecular complexity index is 1010. The first-order valence-electron chi connectivity index (χ1n) is 7.66. The average Bonchev–Trinajstić information content (AvgIpc) is 2.59. The predicted octanol–water partition coefficient (Wildman–Crippen LogP) is 4.50. The van der Waals surface area contributed by atoms with Crippen LogP contribution in [0.25, 0.3) is 11.0 Å². The third-order valence-corrected chi connectivity index (χ3v) is 4.18. The van der Waals surface area contributed by atoms with Gasteiger partial charge in [0.1, 0.15) is 18.0 Å². The maximum Gasteiger partial charge on any atom is 0.341 e. The molecule has 1 aromatic heterocycles. The number of fused-ring (bicyclic) bond motifs is 1. The Labute approximate surface area is 147 Å². The van der Waals surface area contributed by atoms with Gasteiger partial charge in [-0.2, -0.15) is 0 Å². The highest BCUT2D eigenvalue weighted by Gasteiger charge is 2.15. The van der Waals surface area contributed by atoms with E-state index in [1.54, 1.807) is 12.1 Å². The van der Waals surface area contributed by atoms with E-state index in [1.165, 1.54) is 30.3 Å². The average molecular weight is 361 g/mol. The number of hydrogen-bond acceptors (Lipinski definition) is 4. The van der Waals surface area contributed by atoms with Crippen molar-refractivity contribution in [1.82, 2.24) is 0 Å². The van der Waals surface area contributed by atoms with Crippen LogP contribution in [0.1, 0.15) is 28.4 Å². The van der Waals surface area contributed by atoms with Crippen LogP contribution in [0.5, 0.6) is 0 Å². The summed E-state index contributed by atoms with van der Waals surface area (Å²) < 4.78 is 24.0. The van der Waals surface area contributed by atoms with E-state index in [-0.39, 0.29) is 12.2 Å². The summed E-state index contributed by atoms with van der Waals surface area (Å²) in [6.07, 6.45) is 0.685. The molecule has 0 unspecified atom stereocenters. The van der Waals surface area contributed by atoms with E-state index >= 15 is 0 Å². The molecule has 0 aliphatic heterocycles. The van der Waals surface area contributed by atoms with Gasteiger partial charge in [-0.25, -0.2) is 14.0 Å². The highest BCUT2D eigenvalue weighted by atomic mass is 35.5. The molecule has 0 atom stereocenters. The molecule has 0 N–H and O–H groups in total. The summed E-state index contributed by atoms with van der Waals surface area (Å²) >= 11 is 6.22. The maximum atomic E-state index is 13.6. The van der Waals surface area contributed by atoms with Crippen LogP contribution >= 0.6 is 11.6 Å². The summed E-state index contributed by atoms with van der Waals surface area (Å²) in [5, 5.41) is 1.11. The monoisotopic (exact) mass is 360 g/mol. The van der Waals surface area contributed by atoms with Gasteiger partial charge in [0.15, 0.2) is 0 Å². The number of carbonyl (C=O) groups excluding carboxylic acids is 1. The second-order valence-corrected chi connectivity index (χ2v) is 5.85. The highest BCUT2D eigenvalue weighted by Crippen LogP contribution is 2.26. The first-order valence-corrected chi connectivity index (χ1v) is 8.04. The first kappa shape index (κ1) is 17.2. The molecule has 0 fully saturated rings. The minimum atomic E-state index is -0.809. The van der Waals surface area contributed by atoms with Crippen molar-refractivity contribution in [1.29, 1.82) is 0 Å². The van der Waals surface area contributed by atoms with Gasteiger partial charge in [-0.3, -0.25) is 0 Å². The quantitative estimate of drug-likeness (QED) is 0.507.